The lowest BCUT2D eigenvalue weighted by atomic mass is 10.1. The van der Waals surface area contributed by atoms with Crippen molar-refractivity contribution in [2.24, 2.45) is 0 Å². The lowest BCUT2D eigenvalue weighted by Gasteiger charge is -2.13. The molecule has 0 spiro atoms. The van der Waals surface area contributed by atoms with E-state index in [0.29, 0.717) is 0 Å². The highest BCUT2D eigenvalue weighted by molar-refractivity contribution is 6.10. The van der Waals surface area contributed by atoms with Crippen LogP contribution in [0.25, 0.3) is 0 Å². The van der Waals surface area contributed by atoms with Crippen molar-refractivity contribution in [3.63, 3.8) is 0 Å². The van der Waals surface area contributed by atoms with Crippen LogP contribution in [0.1, 0.15) is 31.8 Å². The molecule has 0 heterocycles. The molecule has 7 nitrogen and oxygen atoms in total. The maximum Gasteiger partial charge on any atom is 0.259 e. The molecule has 0 aliphatic carbocycles. The second-order valence-electron chi connectivity index (χ2n) is 7.36. The summed E-state index contributed by atoms with van der Waals surface area (Å²) in [6.07, 6.45) is -0.476. The van der Waals surface area contributed by atoms with E-state index in [2.05, 4.69) is 10.6 Å². The number of methoxy groups -OCH3 is 1. The van der Waals surface area contributed by atoms with E-state index in [1.807, 2.05) is 0 Å². The van der Waals surface area contributed by atoms with Crippen LogP contribution in [0.4, 0.5) is 28.9 Å². The second kappa shape index (κ2) is 11.0. The summed E-state index contributed by atoms with van der Waals surface area (Å²) in [6.45, 7) is 0. The van der Waals surface area contributed by atoms with Crippen LogP contribution in [-0.4, -0.2) is 18.9 Å². The third kappa shape index (κ3) is 5.59. The zero-order valence-corrected chi connectivity index (χ0v) is 18.6. The van der Waals surface area contributed by atoms with Crippen LogP contribution in [0.15, 0.2) is 42.5 Å². The zero-order chi connectivity index (χ0) is 26.4. The summed E-state index contributed by atoms with van der Waals surface area (Å²) in [4.78, 5) is 25.4. The van der Waals surface area contributed by atoms with Gasteiger partial charge in [-0.25, -0.2) is 17.6 Å². The SMILES string of the molecule is COc1ccc(C(=O)Nc2c(F)cc(CC#N)cc2F)cc1C(=O)Nc1c(F)cc(CC#N)cc1F. The Bertz CT molecular complexity index is 1400. The van der Waals surface area contributed by atoms with E-state index in [1.165, 1.54) is 19.2 Å². The maximum atomic E-state index is 14.3. The summed E-state index contributed by atoms with van der Waals surface area (Å²) < 4.78 is 62.4. The van der Waals surface area contributed by atoms with Crippen LogP contribution >= 0.6 is 0 Å². The van der Waals surface area contributed by atoms with Crippen molar-refractivity contribution in [2.75, 3.05) is 17.7 Å². The van der Waals surface area contributed by atoms with Crippen LogP contribution in [0.2, 0.25) is 0 Å². The van der Waals surface area contributed by atoms with E-state index in [9.17, 15) is 27.2 Å². The predicted molar refractivity (Wildman–Crippen MR) is 120 cm³/mol. The van der Waals surface area contributed by atoms with Crippen LogP contribution in [0, 0.1) is 45.9 Å². The fourth-order valence-electron chi connectivity index (χ4n) is 3.27. The molecule has 0 unspecified atom stereocenters. The minimum absolute atomic E-state index is 0.0517. The Kier molecular flexibility index (Phi) is 7.87. The van der Waals surface area contributed by atoms with Gasteiger partial charge in [0.2, 0.25) is 0 Å². The summed E-state index contributed by atoms with van der Waals surface area (Å²) in [7, 11) is 1.22. The van der Waals surface area contributed by atoms with E-state index in [4.69, 9.17) is 15.3 Å². The van der Waals surface area contributed by atoms with Gasteiger partial charge in [-0.15, -0.1) is 0 Å². The number of benzene rings is 3. The normalized spacial score (nSPS) is 10.2. The first-order valence-corrected chi connectivity index (χ1v) is 10.2. The molecule has 0 saturated carbocycles. The lowest BCUT2D eigenvalue weighted by molar-refractivity contribution is 0.102. The summed E-state index contributed by atoms with van der Waals surface area (Å²) in [5.41, 5.74) is -1.90. The van der Waals surface area contributed by atoms with Gasteiger partial charge in [0.15, 0.2) is 0 Å². The predicted octanol–water partition coefficient (Wildman–Crippen LogP) is 4.89. The number of rotatable bonds is 7. The fraction of sp³-hybridized carbons (Fsp3) is 0.120. The molecule has 3 rings (SSSR count). The van der Waals surface area contributed by atoms with Crippen molar-refractivity contribution in [1.82, 2.24) is 0 Å². The molecule has 0 aromatic heterocycles. The third-order valence-electron chi connectivity index (χ3n) is 4.95. The molecule has 3 aromatic rings. The Hall–Kier alpha value is -4.90. The van der Waals surface area contributed by atoms with Crippen molar-refractivity contribution in [3.05, 3.63) is 88.0 Å². The van der Waals surface area contributed by atoms with Crippen molar-refractivity contribution >= 4 is 23.2 Å². The van der Waals surface area contributed by atoms with Crippen molar-refractivity contribution in [3.8, 4) is 17.9 Å². The van der Waals surface area contributed by atoms with Gasteiger partial charge in [-0.1, -0.05) is 0 Å². The number of carbonyl (C=O) groups is 2. The smallest absolute Gasteiger partial charge is 0.259 e. The van der Waals surface area contributed by atoms with Gasteiger partial charge >= 0.3 is 0 Å². The van der Waals surface area contributed by atoms with Crippen LogP contribution in [0.5, 0.6) is 5.75 Å². The van der Waals surface area contributed by atoms with Gasteiger partial charge in [0, 0.05) is 5.56 Å². The minimum atomic E-state index is -1.12. The van der Waals surface area contributed by atoms with Crippen LogP contribution < -0.4 is 15.4 Å². The molecule has 0 radical (unpaired) electrons. The van der Waals surface area contributed by atoms with Crippen molar-refractivity contribution < 1.29 is 31.9 Å². The summed E-state index contributed by atoms with van der Waals surface area (Å²) >= 11 is 0. The first kappa shape index (κ1) is 25.7. The summed E-state index contributed by atoms with van der Waals surface area (Å²) in [5.74, 6) is -6.53. The number of hydrogen-bond acceptors (Lipinski definition) is 5. The first-order valence-electron chi connectivity index (χ1n) is 10.2. The number of amides is 2. The highest BCUT2D eigenvalue weighted by atomic mass is 19.1. The molecule has 11 heteroatoms. The van der Waals surface area contributed by atoms with Gasteiger partial charge in [0.1, 0.15) is 40.4 Å². The largest absolute Gasteiger partial charge is 0.496 e. The molecule has 0 aliphatic rings. The topological polar surface area (TPSA) is 115 Å². The zero-order valence-electron chi connectivity index (χ0n) is 18.6. The molecule has 2 N–H and O–H groups in total. The third-order valence-corrected chi connectivity index (χ3v) is 4.95. The number of nitriles is 2. The second-order valence-corrected chi connectivity index (χ2v) is 7.36. The Labute approximate surface area is 202 Å². The maximum absolute atomic E-state index is 14.3. The number of nitrogens with one attached hydrogen (secondary N) is 2. The van der Waals surface area contributed by atoms with Gasteiger partial charge in [-0.3, -0.25) is 9.59 Å². The van der Waals surface area contributed by atoms with Gasteiger partial charge in [-0.2, -0.15) is 10.5 Å². The van der Waals surface area contributed by atoms with Gasteiger partial charge in [0.25, 0.3) is 11.8 Å². The van der Waals surface area contributed by atoms with E-state index < -0.39 is 46.5 Å². The van der Waals surface area contributed by atoms with Gasteiger partial charge in [-0.05, 0) is 53.6 Å². The summed E-state index contributed by atoms with van der Waals surface area (Å²) in [5, 5.41) is 21.5. The van der Waals surface area contributed by atoms with E-state index in [1.54, 1.807) is 12.1 Å². The number of halogens is 4. The van der Waals surface area contributed by atoms with E-state index >= 15 is 0 Å². The number of nitrogens with zero attached hydrogens (tertiary/aromatic N) is 2. The number of carbonyl (C=O) groups excluding carboxylic acids is 2. The molecule has 0 aliphatic heterocycles. The van der Waals surface area contributed by atoms with E-state index in [0.717, 1.165) is 30.3 Å². The Morgan fingerprint density at radius 2 is 1.22 bits per heavy atom. The average molecular weight is 496 g/mol. The van der Waals surface area contributed by atoms with Gasteiger partial charge in [0.05, 0.1) is 37.7 Å². The standard InChI is InChI=1S/C25H16F4N4O3/c1-36-21-3-2-15(24(34)32-22-17(26)8-13(4-6-30)9-18(22)27)12-16(21)25(35)33-23-19(28)10-14(5-7-31)11-20(23)29/h2-3,8-12H,4-5H2,1H3,(H,32,34)(H,33,35). The number of anilines is 2. The molecule has 36 heavy (non-hydrogen) atoms. The number of ether oxygens (including phenoxy) is 1. The Balaban J connectivity index is 1.89. The molecule has 0 atom stereocenters. The molecular weight excluding hydrogens is 480 g/mol. The Morgan fingerprint density at radius 3 is 1.64 bits per heavy atom. The quantitative estimate of drug-likeness (QED) is 0.452. The molecule has 182 valence electrons. The minimum Gasteiger partial charge on any atom is -0.496 e. The number of hydrogen-bond donors (Lipinski definition) is 2. The van der Waals surface area contributed by atoms with Crippen molar-refractivity contribution in [2.45, 2.75) is 12.8 Å². The highest BCUT2D eigenvalue weighted by Gasteiger charge is 2.21. The molecule has 0 bridgehead atoms. The molecule has 3 aromatic carbocycles. The fourth-order valence-corrected chi connectivity index (χ4v) is 3.27. The average Bonchev–Trinajstić information content (AvgIpc) is 2.83. The summed E-state index contributed by atoms with van der Waals surface area (Å²) in [6, 6.07) is 10.6. The molecular formula is C25H16F4N4O3. The Morgan fingerprint density at radius 1 is 0.778 bits per heavy atom. The first-order chi connectivity index (χ1) is 17.2. The monoisotopic (exact) mass is 496 g/mol. The van der Waals surface area contributed by atoms with Gasteiger partial charge < -0.3 is 15.4 Å². The van der Waals surface area contributed by atoms with E-state index in [-0.39, 0.29) is 40.8 Å². The highest BCUT2D eigenvalue weighted by Crippen LogP contribution is 2.27. The molecule has 0 fully saturated rings. The van der Waals surface area contributed by atoms with Crippen molar-refractivity contribution in [1.29, 1.82) is 10.5 Å². The lowest BCUT2D eigenvalue weighted by Crippen LogP contribution is -2.18. The van der Waals surface area contributed by atoms with Crippen LogP contribution in [-0.2, 0) is 12.8 Å². The molecule has 2 amide bonds. The molecule has 0 saturated heterocycles. The van der Waals surface area contributed by atoms with Crippen LogP contribution in [0.3, 0.4) is 0 Å².